The Morgan fingerprint density at radius 3 is 2.66 bits per heavy atom. The number of benzene rings is 3. The van der Waals surface area contributed by atoms with Crippen LogP contribution >= 0.6 is 11.6 Å². The molecule has 0 radical (unpaired) electrons. The molecule has 194 valence electrons. The van der Waals surface area contributed by atoms with Gasteiger partial charge < -0.3 is 20.6 Å². The van der Waals surface area contributed by atoms with E-state index in [4.69, 9.17) is 21.7 Å². The van der Waals surface area contributed by atoms with E-state index in [0.717, 1.165) is 59.6 Å². The number of aliphatic hydroxyl groups is 1. The van der Waals surface area contributed by atoms with E-state index in [0.29, 0.717) is 23.2 Å². The van der Waals surface area contributed by atoms with E-state index in [9.17, 15) is 4.79 Å². The summed E-state index contributed by atoms with van der Waals surface area (Å²) in [5.74, 6) is 0.175. The van der Waals surface area contributed by atoms with Gasteiger partial charge in [0.05, 0.1) is 22.8 Å². The van der Waals surface area contributed by atoms with Crippen molar-refractivity contribution in [3.05, 3.63) is 84.5 Å². The number of β-amino-alcohol motifs (C(OH)–C–C–N with tert-alkyl or cyclic N) is 1. The van der Waals surface area contributed by atoms with E-state index in [-0.39, 0.29) is 12.5 Å². The van der Waals surface area contributed by atoms with Crippen LogP contribution in [0.1, 0.15) is 0 Å². The maximum absolute atomic E-state index is 11.8. The number of anilines is 4. The highest BCUT2D eigenvalue weighted by Crippen LogP contribution is 2.32. The van der Waals surface area contributed by atoms with Gasteiger partial charge in [0, 0.05) is 61.2 Å². The summed E-state index contributed by atoms with van der Waals surface area (Å²) >= 11 is 6.66. The molecule has 1 aliphatic heterocycles. The maximum atomic E-state index is 11.8. The van der Waals surface area contributed by atoms with Crippen molar-refractivity contribution in [3.8, 4) is 11.1 Å². The molecule has 3 N–H and O–H groups in total. The largest absolute Gasteiger partial charge is 0.395 e. The van der Waals surface area contributed by atoms with Gasteiger partial charge in [0.25, 0.3) is 0 Å². The maximum Gasteiger partial charge on any atom is 0.247 e. The summed E-state index contributed by atoms with van der Waals surface area (Å²) in [6.45, 7) is 8.00. The van der Waals surface area contributed by atoms with Gasteiger partial charge in [-0.25, -0.2) is 9.97 Å². The van der Waals surface area contributed by atoms with Crippen molar-refractivity contribution in [1.29, 1.82) is 0 Å². The number of hydrogen-bond donors (Lipinski definition) is 3. The van der Waals surface area contributed by atoms with Crippen LogP contribution in [-0.4, -0.2) is 65.2 Å². The Labute approximate surface area is 226 Å². The minimum Gasteiger partial charge on any atom is -0.395 e. The number of halogens is 1. The number of rotatable bonds is 8. The van der Waals surface area contributed by atoms with E-state index in [1.165, 1.54) is 6.08 Å². The molecule has 8 nitrogen and oxygen atoms in total. The van der Waals surface area contributed by atoms with Crippen molar-refractivity contribution in [1.82, 2.24) is 14.9 Å². The number of para-hydroxylation sites is 1. The number of carbonyl (C=O) groups excluding carboxylic acids is 1. The monoisotopic (exact) mass is 528 g/mol. The van der Waals surface area contributed by atoms with Crippen LogP contribution in [-0.2, 0) is 4.79 Å². The van der Waals surface area contributed by atoms with Crippen molar-refractivity contribution in [2.75, 3.05) is 54.9 Å². The molecular weight excluding hydrogens is 500 g/mol. The second kappa shape index (κ2) is 11.6. The molecule has 1 amide bonds. The van der Waals surface area contributed by atoms with Crippen LogP contribution in [0.3, 0.4) is 0 Å². The molecule has 0 aliphatic carbocycles. The molecule has 4 aromatic rings. The second-order valence-corrected chi connectivity index (χ2v) is 9.46. The fourth-order valence-electron chi connectivity index (χ4n) is 4.60. The number of piperazine rings is 1. The summed E-state index contributed by atoms with van der Waals surface area (Å²) < 4.78 is 0. The van der Waals surface area contributed by atoms with Crippen molar-refractivity contribution in [2.45, 2.75) is 0 Å². The molecule has 1 aromatic heterocycles. The van der Waals surface area contributed by atoms with Crippen molar-refractivity contribution in [3.63, 3.8) is 0 Å². The first-order valence-electron chi connectivity index (χ1n) is 12.5. The number of aliphatic hydroxyl groups excluding tert-OH is 1. The Balaban J connectivity index is 1.37. The van der Waals surface area contributed by atoms with Gasteiger partial charge in [0.15, 0.2) is 0 Å². The summed E-state index contributed by atoms with van der Waals surface area (Å²) in [6.07, 6.45) is 3.03. The van der Waals surface area contributed by atoms with Crippen molar-refractivity contribution in [2.24, 2.45) is 0 Å². The van der Waals surface area contributed by atoms with Gasteiger partial charge in [-0.15, -0.1) is 0 Å². The lowest BCUT2D eigenvalue weighted by molar-refractivity contribution is -0.111. The quantitative estimate of drug-likeness (QED) is 0.279. The van der Waals surface area contributed by atoms with Crippen LogP contribution in [0, 0.1) is 0 Å². The summed E-state index contributed by atoms with van der Waals surface area (Å²) in [6, 6.07) is 19.5. The van der Waals surface area contributed by atoms with Gasteiger partial charge in [-0.2, -0.15) is 0 Å². The molecule has 2 heterocycles. The van der Waals surface area contributed by atoms with Crippen LogP contribution in [0.25, 0.3) is 22.0 Å². The lowest BCUT2D eigenvalue weighted by Crippen LogP contribution is -2.47. The Morgan fingerprint density at radius 1 is 1.08 bits per heavy atom. The smallest absolute Gasteiger partial charge is 0.247 e. The molecule has 1 fully saturated rings. The van der Waals surface area contributed by atoms with E-state index >= 15 is 0 Å². The molecule has 1 aliphatic rings. The zero-order chi connectivity index (χ0) is 26.5. The van der Waals surface area contributed by atoms with Crippen LogP contribution in [0.2, 0.25) is 5.02 Å². The highest BCUT2D eigenvalue weighted by molar-refractivity contribution is 6.33. The average molecular weight is 529 g/mol. The third kappa shape index (κ3) is 5.78. The number of nitrogens with zero attached hydrogens (tertiary/aromatic N) is 4. The molecule has 0 unspecified atom stereocenters. The Bertz CT molecular complexity index is 1470. The highest BCUT2D eigenvalue weighted by atomic mass is 35.5. The predicted octanol–water partition coefficient (Wildman–Crippen LogP) is 4.93. The number of fused-ring (bicyclic) bond motifs is 1. The van der Waals surface area contributed by atoms with Gasteiger partial charge in [0.2, 0.25) is 11.9 Å². The van der Waals surface area contributed by atoms with Gasteiger partial charge in [0.1, 0.15) is 0 Å². The fourth-order valence-corrected chi connectivity index (χ4v) is 4.82. The molecule has 5 rings (SSSR count). The molecule has 0 atom stereocenters. The normalized spacial score (nSPS) is 13.9. The standard InChI is InChI=1S/C29H29ClN6O2/c1-2-27(38)32-22-7-3-5-20(17-22)24-8-4-6-21-19-31-29(34-28(21)24)33-26-10-9-23(18-25(26)30)36-13-11-35(12-14-36)15-16-37/h2-10,17-19,37H,1,11-16H2,(H,32,38)(H,31,33,34). The van der Waals surface area contributed by atoms with E-state index < -0.39 is 0 Å². The minimum atomic E-state index is -0.263. The first-order valence-corrected chi connectivity index (χ1v) is 12.9. The van der Waals surface area contributed by atoms with Gasteiger partial charge >= 0.3 is 0 Å². The summed E-state index contributed by atoms with van der Waals surface area (Å²) in [7, 11) is 0. The predicted molar refractivity (Wildman–Crippen MR) is 154 cm³/mol. The van der Waals surface area contributed by atoms with Gasteiger partial charge in [-0.05, 0) is 42.0 Å². The first kappa shape index (κ1) is 25.7. The molecular formula is C29H29ClN6O2. The third-order valence-electron chi connectivity index (χ3n) is 6.59. The lowest BCUT2D eigenvalue weighted by atomic mass is 10.0. The lowest BCUT2D eigenvalue weighted by Gasteiger charge is -2.36. The van der Waals surface area contributed by atoms with Gasteiger partial charge in [-0.3, -0.25) is 9.69 Å². The summed E-state index contributed by atoms with van der Waals surface area (Å²) in [4.78, 5) is 25.6. The molecule has 1 saturated heterocycles. The van der Waals surface area contributed by atoms with E-state index in [1.54, 1.807) is 6.20 Å². The number of amides is 1. The SMILES string of the molecule is C=CC(=O)Nc1cccc(-c2cccc3cnc(Nc4ccc(N5CCN(CCO)CC5)cc4Cl)nc23)c1. The topological polar surface area (TPSA) is 93.6 Å². The van der Waals surface area contributed by atoms with Crippen LogP contribution in [0.5, 0.6) is 0 Å². The summed E-state index contributed by atoms with van der Waals surface area (Å²) in [5, 5.41) is 16.7. The zero-order valence-corrected chi connectivity index (χ0v) is 21.7. The van der Waals surface area contributed by atoms with E-state index in [1.807, 2.05) is 60.7 Å². The molecule has 0 spiro atoms. The fraction of sp³-hybridized carbons (Fsp3) is 0.207. The number of aromatic nitrogens is 2. The molecule has 0 bridgehead atoms. The molecule has 38 heavy (non-hydrogen) atoms. The van der Waals surface area contributed by atoms with Crippen LogP contribution < -0.4 is 15.5 Å². The number of hydrogen-bond acceptors (Lipinski definition) is 7. The van der Waals surface area contributed by atoms with Crippen LogP contribution in [0.4, 0.5) is 23.0 Å². The number of nitrogens with one attached hydrogen (secondary N) is 2. The third-order valence-corrected chi connectivity index (χ3v) is 6.90. The van der Waals surface area contributed by atoms with E-state index in [2.05, 4.69) is 32.0 Å². The minimum absolute atomic E-state index is 0.185. The Hall–Kier alpha value is -3.98. The van der Waals surface area contributed by atoms with Crippen molar-refractivity contribution < 1.29 is 9.90 Å². The number of carbonyl (C=O) groups is 1. The van der Waals surface area contributed by atoms with Crippen LogP contribution in [0.15, 0.2) is 79.5 Å². The molecule has 3 aromatic carbocycles. The molecule has 0 saturated carbocycles. The zero-order valence-electron chi connectivity index (χ0n) is 20.9. The Morgan fingerprint density at radius 2 is 1.89 bits per heavy atom. The second-order valence-electron chi connectivity index (χ2n) is 9.05. The summed E-state index contributed by atoms with van der Waals surface area (Å²) in [5.41, 5.74) is 5.09. The highest BCUT2D eigenvalue weighted by Gasteiger charge is 2.18. The first-order chi connectivity index (χ1) is 18.5. The van der Waals surface area contributed by atoms with Crippen molar-refractivity contribution >= 4 is 51.4 Å². The average Bonchev–Trinajstić information content (AvgIpc) is 2.94. The molecule has 9 heteroatoms. The van der Waals surface area contributed by atoms with Gasteiger partial charge in [-0.1, -0.05) is 48.5 Å². The Kier molecular flexibility index (Phi) is 7.83.